The number of likely N-dealkylation sites (tertiary alicyclic amines) is 1. The third kappa shape index (κ3) is 3.76. The van der Waals surface area contributed by atoms with Crippen molar-refractivity contribution >= 4 is 5.91 Å². The summed E-state index contributed by atoms with van der Waals surface area (Å²) in [5, 5.41) is 9.01. The van der Waals surface area contributed by atoms with Crippen LogP contribution in [0.5, 0.6) is 0 Å². The van der Waals surface area contributed by atoms with Gasteiger partial charge in [0.2, 0.25) is 5.91 Å². The second kappa shape index (κ2) is 6.86. The van der Waals surface area contributed by atoms with Crippen molar-refractivity contribution in [3.63, 3.8) is 0 Å². The molecule has 94 valence electrons. The molecular formula is C12H24N2O2. The summed E-state index contributed by atoms with van der Waals surface area (Å²) < 4.78 is 0. The Balaban J connectivity index is 2.50. The maximum absolute atomic E-state index is 11.4. The molecule has 0 radical (unpaired) electrons. The van der Waals surface area contributed by atoms with Gasteiger partial charge in [-0.3, -0.25) is 9.69 Å². The maximum atomic E-state index is 11.4. The topological polar surface area (TPSA) is 43.8 Å². The lowest BCUT2D eigenvalue weighted by Crippen LogP contribution is -2.48. The average Bonchev–Trinajstić information content (AvgIpc) is 2.27. The van der Waals surface area contributed by atoms with Crippen LogP contribution in [0.3, 0.4) is 0 Å². The Labute approximate surface area is 98.2 Å². The van der Waals surface area contributed by atoms with Crippen LogP contribution >= 0.6 is 0 Å². The van der Waals surface area contributed by atoms with Crippen LogP contribution in [0.4, 0.5) is 0 Å². The number of likely N-dealkylation sites (N-methyl/N-ethyl adjacent to an activating group) is 1. The fraction of sp³-hybridized carbons (Fsp3) is 0.917. The first kappa shape index (κ1) is 13.5. The second-order valence-electron chi connectivity index (χ2n) is 4.47. The van der Waals surface area contributed by atoms with Gasteiger partial charge in [-0.05, 0) is 26.3 Å². The van der Waals surface area contributed by atoms with E-state index in [1.165, 1.54) is 12.8 Å². The lowest BCUT2D eigenvalue weighted by atomic mass is 10.0. The highest BCUT2D eigenvalue weighted by atomic mass is 16.3. The van der Waals surface area contributed by atoms with Crippen molar-refractivity contribution in [1.29, 1.82) is 0 Å². The predicted molar refractivity (Wildman–Crippen MR) is 64.2 cm³/mol. The van der Waals surface area contributed by atoms with Gasteiger partial charge in [-0.25, -0.2) is 0 Å². The number of piperidine rings is 1. The molecule has 1 amide bonds. The zero-order valence-electron chi connectivity index (χ0n) is 10.5. The minimum Gasteiger partial charge on any atom is -0.395 e. The molecule has 4 heteroatoms. The highest BCUT2D eigenvalue weighted by Gasteiger charge is 2.24. The Hall–Kier alpha value is -0.610. The molecule has 4 nitrogen and oxygen atoms in total. The van der Waals surface area contributed by atoms with Gasteiger partial charge in [0.25, 0.3) is 0 Å². The molecule has 0 bridgehead atoms. The summed E-state index contributed by atoms with van der Waals surface area (Å²) in [5.41, 5.74) is 0. The van der Waals surface area contributed by atoms with E-state index < -0.39 is 0 Å². The van der Waals surface area contributed by atoms with Crippen LogP contribution in [0.1, 0.15) is 33.1 Å². The lowest BCUT2D eigenvalue weighted by Gasteiger charge is -2.38. The van der Waals surface area contributed by atoms with Gasteiger partial charge in [0.05, 0.1) is 6.61 Å². The normalized spacial score (nSPS) is 22.1. The van der Waals surface area contributed by atoms with Crippen LogP contribution in [0.2, 0.25) is 0 Å². The monoisotopic (exact) mass is 228 g/mol. The number of carbonyl (C=O) groups excluding carboxylic acids is 1. The van der Waals surface area contributed by atoms with Crippen molar-refractivity contribution in [2.75, 3.05) is 32.8 Å². The van der Waals surface area contributed by atoms with Crippen LogP contribution in [0, 0.1) is 0 Å². The summed E-state index contributed by atoms with van der Waals surface area (Å²) in [6.45, 7) is 7.23. The van der Waals surface area contributed by atoms with Crippen LogP contribution < -0.4 is 0 Å². The average molecular weight is 228 g/mol. The van der Waals surface area contributed by atoms with Gasteiger partial charge in [-0.2, -0.15) is 0 Å². The van der Waals surface area contributed by atoms with E-state index >= 15 is 0 Å². The summed E-state index contributed by atoms with van der Waals surface area (Å²) in [6, 6.07) is 0.435. The summed E-state index contributed by atoms with van der Waals surface area (Å²) in [5.74, 6) is 0.150. The number of hydrogen-bond donors (Lipinski definition) is 1. The molecule has 1 atom stereocenters. The molecule has 1 saturated heterocycles. The molecule has 16 heavy (non-hydrogen) atoms. The highest BCUT2D eigenvalue weighted by molar-refractivity contribution is 5.73. The molecule has 1 unspecified atom stereocenters. The predicted octanol–water partition coefficient (Wildman–Crippen LogP) is 0.702. The Morgan fingerprint density at radius 3 is 2.81 bits per heavy atom. The second-order valence-corrected chi connectivity index (χ2v) is 4.47. The lowest BCUT2D eigenvalue weighted by molar-refractivity contribution is -0.129. The quantitative estimate of drug-likeness (QED) is 0.753. The Morgan fingerprint density at radius 1 is 1.50 bits per heavy atom. The molecule has 1 rings (SSSR count). The molecule has 0 saturated carbocycles. The third-order valence-electron chi connectivity index (χ3n) is 3.39. The number of aliphatic hydroxyl groups excluding tert-OH is 1. The highest BCUT2D eigenvalue weighted by Crippen LogP contribution is 2.17. The molecule has 1 fully saturated rings. The minimum absolute atomic E-state index is 0.150. The molecular weight excluding hydrogens is 204 g/mol. The van der Waals surface area contributed by atoms with Crippen molar-refractivity contribution in [2.45, 2.75) is 39.2 Å². The van der Waals surface area contributed by atoms with Gasteiger partial charge in [0.1, 0.15) is 0 Å². The van der Waals surface area contributed by atoms with E-state index in [9.17, 15) is 4.79 Å². The molecule has 1 heterocycles. The van der Waals surface area contributed by atoms with Gasteiger partial charge in [0, 0.05) is 32.6 Å². The van der Waals surface area contributed by atoms with Crippen molar-refractivity contribution < 1.29 is 9.90 Å². The van der Waals surface area contributed by atoms with Crippen molar-refractivity contribution in [3.8, 4) is 0 Å². The maximum Gasteiger partial charge on any atom is 0.219 e. The molecule has 0 aromatic carbocycles. The molecule has 0 spiro atoms. The van der Waals surface area contributed by atoms with E-state index in [4.69, 9.17) is 5.11 Å². The third-order valence-corrected chi connectivity index (χ3v) is 3.39. The molecule has 1 N–H and O–H groups in total. The van der Waals surface area contributed by atoms with E-state index in [1.807, 2.05) is 11.8 Å². The van der Waals surface area contributed by atoms with Crippen molar-refractivity contribution in [3.05, 3.63) is 0 Å². The van der Waals surface area contributed by atoms with Gasteiger partial charge < -0.3 is 10.0 Å². The van der Waals surface area contributed by atoms with Gasteiger partial charge in [0.15, 0.2) is 0 Å². The number of amides is 1. The van der Waals surface area contributed by atoms with E-state index in [0.717, 1.165) is 32.6 Å². The summed E-state index contributed by atoms with van der Waals surface area (Å²) in [6.07, 6.45) is 3.59. The van der Waals surface area contributed by atoms with Crippen LogP contribution in [-0.2, 0) is 4.79 Å². The molecule has 0 aromatic heterocycles. The number of hydrogen-bond acceptors (Lipinski definition) is 3. The Bertz CT molecular complexity index is 219. The smallest absolute Gasteiger partial charge is 0.219 e. The fourth-order valence-corrected chi connectivity index (χ4v) is 2.42. The van der Waals surface area contributed by atoms with Crippen molar-refractivity contribution in [1.82, 2.24) is 9.80 Å². The SMILES string of the molecule is CCN(CC1CCCCN1CCO)C(C)=O. The number of carbonyl (C=O) groups is 1. The Kier molecular flexibility index (Phi) is 5.77. The number of aliphatic hydroxyl groups is 1. The summed E-state index contributed by atoms with van der Waals surface area (Å²) in [4.78, 5) is 15.6. The van der Waals surface area contributed by atoms with E-state index in [0.29, 0.717) is 6.04 Å². The largest absolute Gasteiger partial charge is 0.395 e. The first-order chi connectivity index (χ1) is 7.69. The van der Waals surface area contributed by atoms with E-state index in [-0.39, 0.29) is 12.5 Å². The zero-order chi connectivity index (χ0) is 12.0. The summed E-state index contributed by atoms with van der Waals surface area (Å²) >= 11 is 0. The first-order valence-corrected chi connectivity index (χ1v) is 6.29. The van der Waals surface area contributed by atoms with E-state index in [2.05, 4.69) is 4.90 Å². The van der Waals surface area contributed by atoms with Crippen LogP contribution in [-0.4, -0.2) is 59.6 Å². The van der Waals surface area contributed by atoms with Crippen molar-refractivity contribution in [2.24, 2.45) is 0 Å². The van der Waals surface area contributed by atoms with Crippen LogP contribution in [0.15, 0.2) is 0 Å². The number of β-amino-alcohol motifs (C(OH)–C–C–N with tert-alkyl or cyclic N) is 1. The molecule has 1 aliphatic heterocycles. The molecule has 0 aliphatic carbocycles. The van der Waals surface area contributed by atoms with Gasteiger partial charge in [-0.1, -0.05) is 6.42 Å². The van der Waals surface area contributed by atoms with Crippen LogP contribution in [0.25, 0.3) is 0 Å². The Morgan fingerprint density at radius 2 is 2.25 bits per heavy atom. The van der Waals surface area contributed by atoms with Gasteiger partial charge >= 0.3 is 0 Å². The zero-order valence-corrected chi connectivity index (χ0v) is 10.5. The van der Waals surface area contributed by atoms with Gasteiger partial charge in [-0.15, -0.1) is 0 Å². The number of nitrogens with zero attached hydrogens (tertiary/aromatic N) is 2. The summed E-state index contributed by atoms with van der Waals surface area (Å²) in [7, 11) is 0. The molecule has 0 aromatic rings. The fourth-order valence-electron chi connectivity index (χ4n) is 2.42. The standard InChI is InChI=1S/C12H24N2O2/c1-3-13(11(2)16)10-12-6-4-5-7-14(12)8-9-15/h12,15H,3-10H2,1-2H3. The molecule has 1 aliphatic rings. The first-order valence-electron chi connectivity index (χ1n) is 6.29. The van der Waals surface area contributed by atoms with E-state index in [1.54, 1.807) is 6.92 Å². The number of rotatable bonds is 5. The minimum atomic E-state index is 0.150.